The number of hydrogen-bond acceptors (Lipinski definition) is 9. The zero-order valence-corrected chi connectivity index (χ0v) is 20.9. The highest BCUT2D eigenvalue weighted by Crippen LogP contribution is 2.45. The quantitative estimate of drug-likeness (QED) is 0.440. The van der Waals surface area contributed by atoms with Gasteiger partial charge in [0.05, 0.1) is 25.9 Å². The van der Waals surface area contributed by atoms with Gasteiger partial charge >= 0.3 is 18.1 Å². The second kappa shape index (κ2) is 11.6. The first-order valence-corrected chi connectivity index (χ1v) is 12.4. The van der Waals surface area contributed by atoms with Gasteiger partial charge in [-0.25, -0.2) is 4.79 Å². The number of carbonyl (C=O) groups excluding carboxylic acids is 2. The molecule has 0 radical (unpaired) electrons. The van der Waals surface area contributed by atoms with E-state index in [1.807, 2.05) is 0 Å². The maximum absolute atomic E-state index is 13.1. The molecule has 1 unspecified atom stereocenters. The minimum absolute atomic E-state index is 0.173. The fourth-order valence-corrected chi connectivity index (χ4v) is 5.58. The molecule has 2 aromatic rings. The highest BCUT2D eigenvalue weighted by Gasteiger charge is 2.57. The lowest BCUT2D eigenvalue weighted by molar-refractivity contribution is -0.211. The summed E-state index contributed by atoms with van der Waals surface area (Å²) in [5.74, 6) is -3.27. The van der Waals surface area contributed by atoms with Crippen LogP contribution in [-0.4, -0.2) is 77.4 Å². The van der Waals surface area contributed by atoms with Crippen LogP contribution in [0.2, 0.25) is 0 Å². The van der Waals surface area contributed by atoms with Crippen molar-refractivity contribution in [3.63, 3.8) is 0 Å². The van der Waals surface area contributed by atoms with Crippen LogP contribution >= 0.6 is 11.8 Å². The van der Waals surface area contributed by atoms with Gasteiger partial charge in [-0.15, -0.1) is 0 Å². The zero-order chi connectivity index (χ0) is 27.5. The molecular weight excluding hydrogens is 531 g/mol. The lowest BCUT2D eigenvalue weighted by Gasteiger charge is -2.47. The summed E-state index contributed by atoms with van der Waals surface area (Å²) in [6.07, 6.45) is -13.0. The van der Waals surface area contributed by atoms with E-state index in [0.717, 1.165) is 18.9 Å². The van der Waals surface area contributed by atoms with Crippen molar-refractivity contribution >= 4 is 23.6 Å². The number of hydrogen-bond donors (Lipinski definition) is 3. The highest BCUT2D eigenvalue weighted by atomic mass is 32.2. The number of aliphatic hydroxyl groups is 2. The molecule has 0 saturated carbocycles. The summed E-state index contributed by atoms with van der Waals surface area (Å²) >= 11 is 0.861. The first-order valence-electron chi connectivity index (χ1n) is 11.6. The van der Waals surface area contributed by atoms with Crippen molar-refractivity contribution in [3.8, 4) is 0 Å². The van der Waals surface area contributed by atoms with Gasteiger partial charge in [0.25, 0.3) is 0 Å². The monoisotopic (exact) mass is 557 g/mol. The number of halogens is 3. The SMILES string of the molecule is COC(=O)[C@@]1(Sc2ccccc2)C[C@H](O)[C@@H](NC(=O)C(F)(F)F)[C@H]([C@H](O)[C@H]2COC(c3ccccc3)O2)O1. The molecule has 2 aliphatic heterocycles. The van der Waals surface area contributed by atoms with Crippen LogP contribution in [0.5, 0.6) is 0 Å². The minimum atomic E-state index is -5.27. The molecular formula is C25H26F3NO8S. The third-order valence-corrected chi connectivity index (χ3v) is 7.42. The number of alkyl halides is 3. The van der Waals surface area contributed by atoms with Gasteiger partial charge in [0.1, 0.15) is 18.3 Å². The maximum Gasteiger partial charge on any atom is 0.471 e. The number of aliphatic hydroxyl groups excluding tert-OH is 2. The summed E-state index contributed by atoms with van der Waals surface area (Å²) in [6.45, 7) is -0.173. The molecule has 206 valence electrons. The number of carbonyl (C=O) groups is 2. The van der Waals surface area contributed by atoms with Gasteiger partial charge in [0.2, 0.25) is 4.93 Å². The lowest BCUT2D eigenvalue weighted by Crippen LogP contribution is -2.67. The fraction of sp³-hybridized carbons (Fsp3) is 0.440. The topological polar surface area (TPSA) is 124 Å². The Morgan fingerprint density at radius 2 is 1.76 bits per heavy atom. The molecule has 0 aliphatic carbocycles. The molecule has 0 bridgehead atoms. The number of benzene rings is 2. The van der Waals surface area contributed by atoms with E-state index in [2.05, 4.69) is 0 Å². The van der Waals surface area contributed by atoms with E-state index < -0.39 is 66.2 Å². The van der Waals surface area contributed by atoms with Gasteiger partial charge in [-0.3, -0.25) is 4.79 Å². The Balaban J connectivity index is 1.65. The first-order chi connectivity index (χ1) is 18.0. The normalized spacial score (nSPS) is 30.4. The van der Waals surface area contributed by atoms with Crippen LogP contribution < -0.4 is 5.32 Å². The Kier molecular flexibility index (Phi) is 8.65. The summed E-state index contributed by atoms with van der Waals surface area (Å²) in [5.41, 5.74) is 0.636. The van der Waals surface area contributed by atoms with Crippen molar-refractivity contribution in [3.05, 3.63) is 66.2 Å². The van der Waals surface area contributed by atoms with Gasteiger partial charge in [-0.1, -0.05) is 60.3 Å². The number of ether oxygens (including phenoxy) is 4. The zero-order valence-electron chi connectivity index (χ0n) is 20.0. The van der Waals surface area contributed by atoms with Crippen LogP contribution in [0.15, 0.2) is 65.6 Å². The second-order valence-electron chi connectivity index (χ2n) is 8.75. The minimum Gasteiger partial charge on any atom is -0.466 e. The standard InChI is InChI=1S/C25H26F3NO8S/c1-34-23(33)24(38-15-10-6-3-7-11-15)12-16(30)18(29-22(32)25(26,27)28)20(37-24)19(31)17-13-35-21(36-17)14-8-4-2-5-9-14/h2-11,16-21,30-31H,12-13H2,1H3,(H,29,32)/t16-,17+,18+,19+,20+,21?,24-/m0/s1. The van der Waals surface area contributed by atoms with Gasteiger partial charge in [-0.2, -0.15) is 13.2 Å². The number of amides is 1. The van der Waals surface area contributed by atoms with Crippen molar-refractivity contribution in [2.45, 2.75) is 59.2 Å². The summed E-state index contributed by atoms with van der Waals surface area (Å²) < 4.78 is 61.6. The van der Waals surface area contributed by atoms with Crippen LogP contribution in [0.25, 0.3) is 0 Å². The number of thioether (sulfide) groups is 1. The van der Waals surface area contributed by atoms with E-state index in [0.29, 0.717) is 10.5 Å². The summed E-state index contributed by atoms with van der Waals surface area (Å²) in [5, 5.41) is 23.9. The van der Waals surface area contributed by atoms with E-state index in [-0.39, 0.29) is 6.61 Å². The molecule has 1 amide bonds. The van der Waals surface area contributed by atoms with Gasteiger partial charge < -0.3 is 34.5 Å². The molecule has 7 atom stereocenters. The number of nitrogens with one attached hydrogen (secondary N) is 1. The third-order valence-electron chi connectivity index (χ3n) is 6.15. The van der Waals surface area contributed by atoms with Crippen molar-refractivity contribution in [2.75, 3.05) is 13.7 Å². The number of rotatable bonds is 7. The van der Waals surface area contributed by atoms with E-state index in [4.69, 9.17) is 18.9 Å². The Hall–Kier alpha value is -2.68. The molecule has 0 spiro atoms. The Morgan fingerprint density at radius 3 is 2.37 bits per heavy atom. The predicted octanol–water partition coefficient (Wildman–Crippen LogP) is 2.32. The highest BCUT2D eigenvalue weighted by molar-refractivity contribution is 8.01. The van der Waals surface area contributed by atoms with Crippen molar-refractivity contribution in [1.82, 2.24) is 5.32 Å². The van der Waals surface area contributed by atoms with Crippen LogP contribution in [0.4, 0.5) is 13.2 Å². The molecule has 2 saturated heterocycles. The molecule has 4 rings (SSSR count). The molecule has 2 fully saturated rings. The van der Waals surface area contributed by atoms with E-state index in [1.165, 1.54) is 0 Å². The average Bonchev–Trinajstić information content (AvgIpc) is 3.40. The van der Waals surface area contributed by atoms with Crippen LogP contribution in [0, 0.1) is 0 Å². The molecule has 3 N–H and O–H groups in total. The third kappa shape index (κ3) is 6.14. The van der Waals surface area contributed by atoms with Crippen molar-refractivity contribution in [2.24, 2.45) is 0 Å². The van der Waals surface area contributed by atoms with Crippen LogP contribution in [0.3, 0.4) is 0 Å². The van der Waals surface area contributed by atoms with Gasteiger partial charge in [0, 0.05) is 16.9 Å². The Bertz CT molecular complexity index is 1110. The predicted molar refractivity (Wildman–Crippen MR) is 127 cm³/mol. The summed E-state index contributed by atoms with van der Waals surface area (Å²) in [7, 11) is 1.09. The van der Waals surface area contributed by atoms with Crippen LogP contribution in [0.1, 0.15) is 18.3 Å². The van der Waals surface area contributed by atoms with Gasteiger partial charge in [0.15, 0.2) is 6.29 Å². The average molecular weight is 558 g/mol. The Morgan fingerprint density at radius 1 is 1.13 bits per heavy atom. The maximum atomic E-state index is 13.1. The van der Waals surface area contributed by atoms with E-state index in [9.17, 15) is 33.0 Å². The van der Waals surface area contributed by atoms with Crippen molar-refractivity contribution in [1.29, 1.82) is 0 Å². The summed E-state index contributed by atoms with van der Waals surface area (Å²) in [6, 6.07) is 15.4. The molecule has 2 heterocycles. The second-order valence-corrected chi connectivity index (χ2v) is 10.1. The molecule has 0 aromatic heterocycles. The van der Waals surface area contributed by atoms with Crippen molar-refractivity contribution < 1.29 is 51.9 Å². The summed E-state index contributed by atoms with van der Waals surface area (Å²) in [4.78, 5) is 23.3. The number of methoxy groups -OCH3 is 1. The molecule has 2 aliphatic rings. The first kappa shape index (κ1) is 28.3. The smallest absolute Gasteiger partial charge is 0.466 e. The largest absolute Gasteiger partial charge is 0.471 e. The van der Waals surface area contributed by atoms with E-state index in [1.54, 1.807) is 66.0 Å². The number of esters is 1. The molecule has 9 nitrogen and oxygen atoms in total. The Labute approximate surface area is 220 Å². The van der Waals surface area contributed by atoms with Crippen LogP contribution in [-0.2, 0) is 28.5 Å². The molecule has 2 aromatic carbocycles. The van der Waals surface area contributed by atoms with E-state index >= 15 is 0 Å². The van der Waals surface area contributed by atoms with Gasteiger partial charge in [-0.05, 0) is 12.1 Å². The molecule has 13 heteroatoms. The molecule has 38 heavy (non-hydrogen) atoms. The lowest BCUT2D eigenvalue weighted by atomic mass is 9.89. The fourth-order valence-electron chi connectivity index (χ4n) is 4.32.